The number of nitrogens with zero attached hydrogens (tertiary/aromatic N) is 2. The third-order valence-corrected chi connectivity index (χ3v) is 6.49. The number of hydrogen-bond acceptors (Lipinski definition) is 2. The molecule has 0 saturated heterocycles. The van der Waals surface area contributed by atoms with Gasteiger partial charge in [0.05, 0.1) is 12.6 Å². The minimum Gasteiger partial charge on any atom is -0.336 e. The van der Waals surface area contributed by atoms with Gasteiger partial charge in [0.25, 0.3) is 0 Å². The molecule has 2 amide bonds. The summed E-state index contributed by atoms with van der Waals surface area (Å²) in [6, 6.07) is 4.49. The highest BCUT2D eigenvalue weighted by Crippen LogP contribution is 2.42. The molecule has 0 saturated carbocycles. The van der Waals surface area contributed by atoms with Gasteiger partial charge in [0.1, 0.15) is 5.00 Å². The first-order valence-electron chi connectivity index (χ1n) is 8.94. The maximum absolute atomic E-state index is 12.8. The number of thiophene rings is 1. The molecule has 2 aromatic heterocycles. The smallest absolute Gasteiger partial charge is 0.318 e. The maximum Gasteiger partial charge on any atom is 0.318 e. The molecule has 5 heteroatoms. The lowest BCUT2D eigenvalue weighted by molar-refractivity contribution is 0.173. The molecule has 4 nitrogen and oxygen atoms in total. The summed E-state index contributed by atoms with van der Waals surface area (Å²) in [6.45, 7) is 6.87. The van der Waals surface area contributed by atoms with Gasteiger partial charge in [-0.15, -0.1) is 11.3 Å². The number of hydrogen-bond donors (Lipinski definition) is 1. The fourth-order valence-electron chi connectivity index (χ4n) is 3.94. The van der Waals surface area contributed by atoms with E-state index in [0.717, 1.165) is 6.42 Å². The van der Waals surface area contributed by atoms with Crippen LogP contribution in [0.5, 0.6) is 0 Å². The van der Waals surface area contributed by atoms with Crippen molar-refractivity contribution in [2.45, 2.75) is 65.1 Å². The van der Waals surface area contributed by atoms with Crippen LogP contribution in [0.3, 0.4) is 0 Å². The summed E-state index contributed by atoms with van der Waals surface area (Å²) in [6.07, 6.45) is 7.06. The number of rotatable bonds is 1. The molecule has 0 aromatic carbocycles. The van der Waals surface area contributed by atoms with E-state index in [-0.39, 0.29) is 18.1 Å². The molecule has 1 aliphatic heterocycles. The summed E-state index contributed by atoms with van der Waals surface area (Å²) in [5.74, 6) is 0. The Hall–Kier alpha value is -1.75. The summed E-state index contributed by atoms with van der Waals surface area (Å²) < 4.78 is 2.31. The van der Waals surface area contributed by atoms with Crippen molar-refractivity contribution in [2.75, 3.05) is 0 Å². The van der Waals surface area contributed by atoms with E-state index in [1.54, 1.807) is 0 Å². The molecule has 0 radical (unpaired) electrons. The van der Waals surface area contributed by atoms with Crippen LogP contribution in [0, 0.1) is 0 Å². The van der Waals surface area contributed by atoms with Gasteiger partial charge in [-0.25, -0.2) is 4.79 Å². The van der Waals surface area contributed by atoms with Gasteiger partial charge in [-0.2, -0.15) is 0 Å². The Kier molecular flexibility index (Phi) is 3.91. The number of carbonyl (C=O) groups excluding carboxylic acids is 1. The second kappa shape index (κ2) is 5.96. The van der Waals surface area contributed by atoms with E-state index >= 15 is 0 Å². The van der Waals surface area contributed by atoms with Gasteiger partial charge < -0.3 is 14.8 Å². The van der Waals surface area contributed by atoms with E-state index in [1.807, 2.05) is 30.1 Å². The zero-order valence-electron chi connectivity index (χ0n) is 14.6. The lowest BCUT2D eigenvalue weighted by atomic mass is 9.95. The first-order valence-corrected chi connectivity index (χ1v) is 9.76. The van der Waals surface area contributed by atoms with Crippen LogP contribution in [-0.4, -0.2) is 21.5 Å². The third-order valence-electron chi connectivity index (χ3n) is 5.16. The van der Waals surface area contributed by atoms with Crippen molar-refractivity contribution in [3.05, 3.63) is 40.0 Å². The van der Waals surface area contributed by atoms with E-state index in [4.69, 9.17) is 0 Å². The van der Waals surface area contributed by atoms with Gasteiger partial charge in [-0.3, -0.25) is 0 Å². The zero-order chi connectivity index (χ0) is 16.8. The Balaban J connectivity index is 1.82. The van der Waals surface area contributed by atoms with E-state index in [2.05, 4.69) is 35.1 Å². The van der Waals surface area contributed by atoms with Crippen molar-refractivity contribution in [1.82, 2.24) is 14.8 Å². The molecule has 0 fully saturated rings. The van der Waals surface area contributed by atoms with Crippen LogP contribution in [0.4, 0.5) is 4.79 Å². The Morgan fingerprint density at radius 1 is 1.29 bits per heavy atom. The Bertz CT molecular complexity index is 774. The molecule has 24 heavy (non-hydrogen) atoms. The van der Waals surface area contributed by atoms with Crippen molar-refractivity contribution >= 4 is 17.4 Å². The molecule has 4 rings (SSSR count). The van der Waals surface area contributed by atoms with Gasteiger partial charge in [0, 0.05) is 28.4 Å². The van der Waals surface area contributed by atoms with Crippen molar-refractivity contribution in [2.24, 2.45) is 0 Å². The SMILES string of the molecule is CC(C)NC(=O)N1Cc2c(sc3c2CCCC3)-n2cccc2C1C. The topological polar surface area (TPSA) is 37.3 Å². The molecule has 1 atom stereocenters. The quantitative estimate of drug-likeness (QED) is 0.818. The fraction of sp³-hybridized carbons (Fsp3) is 0.526. The monoisotopic (exact) mass is 343 g/mol. The maximum atomic E-state index is 12.8. The van der Waals surface area contributed by atoms with Crippen molar-refractivity contribution < 1.29 is 4.79 Å². The molecule has 2 aliphatic rings. The van der Waals surface area contributed by atoms with Crippen LogP contribution in [0.1, 0.15) is 61.4 Å². The lowest BCUT2D eigenvalue weighted by Crippen LogP contribution is -2.43. The average molecular weight is 343 g/mol. The molecular formula is C19H25N3OS. The standard InChI is InChI=1S/C19H25N3OS/c1-12(2)20-19(23)22-11-15-14-7-4-5-9-17(14)24-18(15)21-10-6-8-16(21)13(22)3/h6,8,10,12-13H,4-5,7,9,11H2,1-3H3,(H,20,23). The van der Waals surface area contributed by atoms with Gasteiger partial charge in [-0.1, -0.05) is 0 Å². The molecule has 2 aromatic rings. The predicted molar refractivity (Wildman–Crippen MR) is 97.9 cm³/mol. The van der Waals surface area contributed by atoms with Crippen LogP contribution in [0.25, 0.3) is 5.00 Å². The largest absolute Gasteiger partial charge is 0.336 e. The minimum absolute atomic E-state index is 0.0360. The number of carbonyl (C=O) groups is 1. The molecule has 3 heterocycles. The van der Waals surface area contributed by atoms with E-state index in [0.29, 0.717) is 6.54 Å². The third kappa shape index (κ3) is 2.46. The molecule has 1 unspecified atom stereocenters. The highest BCUT2D eigenvalue weighted by atomic mass is 32.1. The van der Waals surface area contributed by atoms with Crippen LogP contribution in [0.2, 0.25) is 0 Å². The van der Waals surface area contributed by atoms with Crippen LogP contribution in [0.15, 0.2) is 18.3 Å². The van der Waals surface area contributed by atoms with Crippen LogP contribution in [-0.2, 0) is 19.4 Å². The number of amides is 2. The lowest BCUT2D eigenvalue weighted by Gasteiger charge is -2.29. The first kappa shape index (κ1) is 15.8. The van der Waals surface area contributed by atoms with Crippen molar-refractivity contribution in [1.29, 1.82) is 0 Å². The number of urea groups is 1. The summed E-state index contributed by atoms with van der Waals surface area (Å²) in [4.78, 5) is 16.3. The Morgan fingerprint density at radius 2 is 2.08 bits per heavy atom. The van der Waals surface area contributed by atoms with Crippen molar-refractivity contribution in [3.63, 3.8) is 0 Å². The second-order valence-electron chi connectivity index (χ2n) is 7.21. The van der Waals surface area contributed by atoms with Crippen LogP contribution < -0.4 is 5.32 Å². The minimum atomic E-state index is 0.0360. The second-order valence-corrected chi connectivity index (χ2v) is 8.29. The number of fused-ring (bicyclic) bond motifs is 5. The predicted octanol–water partition coefficient (Wildman–Crippen LogP) is 4.41. The number of aromatic nitrogens is 1. The normalized spacial score (nSPS) is 19.5. The summed E-state index contributed by atoms with van der Waals surface area (Å²) in [5, 5.41) is 4.41. The van der Waals surface area contributed by atoms with E-state index < -0.39 is 0 Å². The molecule has 0 spiro atoms. The first-order chi connectivity index (χ1) is 11.6. The molecule has 128 valence electrons. The molecular weight excluding hydrogens is 318 g/mol. The number of nitrogens with one attached hydrogen (secondary N) is 1. The van der Waals surface area contributed by atoms with Crippen molar-refractivity contribution in [3.8, 4) is 5.00 Å². The highest BCUT2D eigenvalue weighted by Gasteiger charge is 2.32. The number of aryl methyl sites for hydroxylation is 1. The Labute approximate surface area is 147 Å². The molecule has 0 bridgehead atoms. The van der Waals surface area contributed by atoms with E-state index in [1.165, 1.54) is 46.0 Å². The van der Waals surface area contributed by atoms with Gasteiger partial charge >= 0.3 is 6.03 Å². The van der Waals surface area contributed by atoms with Gasteiger partial charge in [0.2, 0.25) is 0 Å². The van der Waals surface area contributed by atoms with Crippen LogP contribution >= 0.6 is 11.3 Å². The van der Waals surface area contributed by atoms with Gasteiger partial charge in [-0.05, 0) is 64.2 Å². The highest BCUT2D eigenvalue weighted by molar-refractivity contribution is 7.15. The summed E-state index contributed by atoms with van der Waals surface area (Å²) >= 11 is 1.93. The molecule has 1 N–H and O–H groups in total. The average Bonchev–Trinajstić information content (AvgIpc) is 3.13. The van der Waals surface area contributed by atoms with E-state index in [9.17, 15) is 4.79 Å². The fourth-order valence-corrected chi connectivity index (χ4v) is 5.34. The zero-order valence-corrected chi connectivity index (χ0v) is 15.4. The summed E-state index contributed by atoms with van der Waals surface area (Å²) in [5.41, 5.74) is 4.08. The Morgan fingerprint density at radius 3 is 2.88 bits per heavy atom. The summed E-state index contributed by atoms with van der Waals surface area (Å²) in [7, 11) is 0. The molecule has 1 aliphatic carbocycles. The van der Waals surface area contributed by atoms with Gasteiger partial charge in [0.15, 0.2) is 0 Å².